The monoisotopic (exact) mass is 370 g/mol. The Morgan fingerprint density at radius 1 is 1.24 bits per heavy atom. The zero-order chi connectivity index (χ0) is 17.3. The number of methoxy groups -OCH3 is 2. The Labute approximate surface area is 155 Å². The van der Waals surface area contributed by atoms with Crippen molar-refractivity contribution in [2.24, 2.45) is 5.73 Å². The zero-order valence-electron chi connectivity index (χ0n) is 15.0. The molecular formula is C18H27ClN2O4. The number of carbonyl (C=O) groups is 1. The normalized spacial score (nSPS) is 19.6. The molecule has 2 aliphatic heterocycles. The van der Waals surface area contributed by atoms with Crippen LogP contribution in [0.3, 0.4) is 0 Å². The predicted molar refractivity (Wildman–Crippen MR) is 97.6 cm³/mol. The second kappa shape index (κ2) is 7.81. The van der Waals surface area contributed by atoms with Crippen molar-refractivity contribution < 1.29 is 19.0 Å². The van der Waals surface area contributed by atoms with Crippen LogP contribution >= 0.6 is 12.4 Å². The van der Waals surface area contributed by atoms with Gasteiger partial charge in [0.25, 0.3) is 0 Å². The Hall–Kier alpha value is -1.50. The molecule has 0 aromatic heterocycles. The first-order valence-electron chi connectivity index (χ1n) is 8.44. The summed E-state index contributed by atoms with van der Waals surface area (Å²) >= 11 is 0. The summed E-state index contributed by atoms with van der Waals surface area (Å²) in [4.78, 5) is 14.0. The highest BCUT2D eigenvalue weighted by atomic mass is 35.5. The smallest absolute Gasteiger partial charge is 0.239 e. The summed E-state index contributed by atoms with van der Waals surface area (Å²) in [5, 5.41) is 0. The van der Waals surface area contributed by atoms with Crippen LogP contribution in [0.4, 0.5) is 0 Å². The largest absolute Gasteiger partial charge is 0.493 e. The van der Waals surface area contributed by atoms with Gasteiger partial charge in [0.05, 0.1) is 32.5 Å². The molecule has 0 radical (unpaired) electrons. The molecule has 0 unspecified atom stereocenters. The second-order valence-corrected chi connectivity index (χ2v) is 6.57. The number of rotatable bonds is 3. The highest BCUT2D eigenvalue weighted by Gasteiger charge is 2.42. The number of hydrogen-bond acceptors (Lipinski definition) is 5. The van der Waals surface area contributed by atoms with Crippen molar-refractivity contribution in [1.82, 2.24) is 4.90 Å². The second-order valence-electron chi connectivity index (χ2n) is 6.57. The van der Waals surface area contributed by atoms with Gasteiger partial charge in [0.2, 0.25) is 5.91 Å². The summed E-state index contributed by atoms with van der Waals surface area (Å²) in [7, 11) is 3.29. The standard InChI is InChI=1S/C18H26N2O4.ClH/c1-12(19)17(21)20-7-5-18(6-8-20)14-11-16(23-3)15(22-2)10-13(14)4-9-24-18;/h10-12H,4-9,19H2,1-3H3;1H/t12-;/m1./s1. The molecule has 1 amide bonds. The number of nitrogens with two attached hydrogens (primary N) is 1. The Balaban J connectivity index is 0.00000225. The minimum absolute atomic E-state index is 0. The van der Waals surface area contributed by atoms with Crippen molar-refractivity contribution in [3.05, 3.63) is 23.3 Å². The van der Waals surface area contributed by atoms with Crippen LogP contribution in [0.2, 0.25) is 0 Å². The van der Waals surface area contributed by atoms with E-state index in [1.807, 2.05) is 11.0 Å². The number of likely N-dealkylation sites (tertiary alicyclic amines) is 1. The third-order valence-corrected chi connectivity index (χ3v) is 5.12. The predicted octanol–water partition coefficient (Wildman–Crippen LogP) is 1.86. The van der Waals surface area contributed by atoms with E-state index in [2.05, 4.69) is 6.07 Å². The maximum absolute atomic E-state index is 12.1. The number of amides is 1. The summed E-state index contributed by atoms with van der Waals surface area (Å²) in [6, 6.07) is 3.64. The molecule has 0 saturated carbocycles. The van der Waals surface area contributed by atoms with E-state index in [0.29, 0.717) is 19.7 Å². The molecule has 25 heavy (non-hydrogen) atoms. The van der Waals surface area contributed by atoms with E-state index < -0.39 is 6.04 Å². The molecule has 1 spiro atoms. The van der Waals surface area contributed by atoms with Crippen LogP contribution in [-0.4, -0.2) is 50.8 Å². The maximum Gasteiger partial charge on any atom is 0.239 e. The fourth-order valence-electron chi connectivity index (χ4n) is 3.78. The molecule has 2 heterocycles. The molecule has 1 fully saturated rings. The van der Waals surface area contributed by atoms with Gasteiger partial charge in [-0.2, -0.15) is 0 Å². The van der Waals surface area contributed by atoms with Crippen molar-refractivity contribution >= 4 is 18.3 Å². The van der Waals surface area contributed by atoms with Crippen molar-refractivity contribution in [1.29, 1.82) is 0 Å². The number of halogens is 1. The average molecular weight is 371 g/mol. The molecule has 3 rings (SSSR count). The number of benzene rings is 1. The number of carbonyl (C=O) groups excluding carboxylic acids is 1. The Kier molecular flexibility index (Phi) is 6.19. The highest BCUT2D eigenvalue weighted by molar-refractivity contribution is 5.85. The first kappa shape index (κ1) is 19.8. The van der Waals surface area contributed by atoms with Gasteiger partial charge in [-0.15, -0.1) is 12.4 Å². The van der Waals surface area contributed by atoms with Gasteiger partial charge in [-0.25, -0.2) is 0 Å². The lowest BCUT2D eigenvalue weighted by molar-refractivity contribution is -0.141. The van der Waals surface area contributed by atoms with Crippen LogP contribution in [0, 0.1) is 0 Å². The number of piperidine rings is 1. The van der Waals surface area contributed by atoms with Crippen molar-refractivity contribution in [2.75, 3.05) is 33.9 Å². The van der Waals surface area contributed by atoms with E-state index >= 15 is 0 Å². The fraction of sp³-hybridized carbons (Fsp3) is 0.611. The van der Waals surface area contributed by atoms with Gasteiger partial charge in [-0.1, -0.05) is 0 Å². The quantitative estimate of drug-likeness (QED) is 0.879. The van der Waals surface area contributed by atoms with E-state index in [1.54, 1.807) is 21.1 Å². The molecule has 140 valence electrons. The third kappa shape index (κ3) is 3.57. The van der Waals surface area contributed by atoms with Crippen molar-refractivity contribution in [3.63, 3.8) is 0 Å². The number of fused-ring (bicyclic) bond motifs is 2. The topological polar surface area (TPSA) is 74.0 Å². The van der Waals surface area contributed by atoms with Gasteiger partial charge in [-0.05, 0) is 49.4 Å². The van der Waals surface area contributed by atoms with Gasteiger partial charge in [0, 0.05) is 13.1 Å². The van der Waals surface area contributed by atoms with Crippen LogP contribution in [0.15, 0.2) is 12.1 Å². The lowest BCUT2D eigenvalue weighted by Crippen LogP contribution is -2.51. The lowest BCUT2D eigenvalue weighted by Gasteiger charge is -2.45. The minimum Gasteiger partial charge on any atom is -0.493 e. The summed E-state index contributed by atoms with van der Waals surface area (Å²) in [5.41, 5.74) is 7.79. The summed E-state index contributed by atoms with van der Waals surface area (Å²) in [6.45, 7) is 3.74. The first-order valence-corrected chi connectivity index (χ1v) is 8.44. The molecule has 1 aromatic carbocycles. The molecule has 2 N–H and O–H groups in total. The molecule has 0 aliphatic carbocycles. The third-order valence-electron chi connectivity index (χ3n) is 5.12. The molecular weight excluding hydrogens is 344 g/mol. The number of hydrogen-bond donors (Lipinski definition) is 1. The van der Waals surface area contributed by atoms with Gasteiger partial charge < -0.3 is 24.8 Å². The summed E-state index contributed by atoms with van der Waals surface area (Å²) in [5.74, 6) is 1.47. The van der Waals surface area contributed by atoms with Crippen LogP contribution < -0.4 is 15.2 Å². The van der Waals surface area contributed by atoms with Gasteiger partial charge in [0.1, 0.15) is 0 Å². The van der Waals surface area contributed by atoms with E-state index in [-0.39, 0.29) is 23.9 Å². The van der Waals surface area contributed by atoms with Gasteiger partial charge in [0.15, 0.2) is 11.5 Å². The van der Waals surface area contributed by atoms with Crippen molar-refractivity contribution in [3.8, 4) is 11.5 Å². The highest BCUT2D eigenvalue weighted by Crippen LogP contribution is 2.45. The fourth-order valence-corrected chi connectivity index (χ4v) is 3.78. The van der Waals surface area contributed by atoms with E-state index in [4.69, 9.17) is 19.9 Å². The Bertz CT molecular complexity index is 628. The van der Waals surface area contributed by atoms with Crippen molar-refractivity contribution in [2.45, 2.75) is 37.8 Å². The van der Waals surface area contributed by atoms with Crippen LogP contribution in [0.1, 0.15) is 30.9 Å². The lowest BCUT2D eigenvalue weighted by atomic mass is 9.79. The van der Waals surface area contributed by atoms with Crippen LogP contribution in [-0.2, 0) is 21.6 Å². The van der Waals surface area contributed by atoms with E-state index in [0.717, 1.165) is 30.8 Å². The SMILES string of the molecule is COc1cc2c(cc1OC)C1(CCN(C(=O)[C@@H](C)N)CC1)OCC2.Cl. The Morgan fingerprint density at radius 2 is 1.84 bits per heavy atom. The Morgan fingerprint density at radius 3 is 2.40 bits per heavy atom. The molecule has 6 nitrogen and oxygen atoms in total. The minimum atomic E-state index is -0.456. The number of nitrogens with zero attached hydrogens (tertiary/aromatic N) is 1. The maximum atomic E-state index is 12.1. The molecule has 1 atom stereocenters. The molecule has 1 saturated heterocycles. The molecule has 0 bridgehead atoms. The zero-order valence-corrected chi connectivity index (χ0v) is 15.9. The average Bonchev–Trinajstić information content (AvgIpc) is 2.61. The molecule has 1 aromatic rings. The first-order chi connectivity index (χ1) is 11.5. The van der Waals surface area contributed by atoms with Gasteiger partial charge >= 0.3 is 0 Å². The summed E-state index contributed by atoms with van der Waals surface area (Å²) < 4.78 is 17.1. The summed E-state index contributed by atoms with van der Waals surface area (Å²) in [6.07, 6.45) is 2.40. The van der Waals surface area contributed by atoms with Crippen LogP contribution in [0.25, 0.3) is 0 Å². The van der Waals surface area contributed by atoms with Crippen LogP contribution in [0.5, 0.6) is 11.5 Å². The van der Waals surface area contributed by atoms with Gasteiger partial charge in [-0.3, -0.25) is 4.79 Å². The molecule has 2 aliphatic rings. The molecule has 7 heteroatoms. The number of ether oxygens (including phenoxy) is 3. The van der Waals surface area contributed by atoms with E-state index in [9.17, 15) is 4.79 Å². The van der Waals surface area contributed by atoms with E-state index in [1.165, 1.54) is 11.1 Å².